The first-order valence-electron chi connectivity index (χ1n) is 8.05. The predicted molar refractivity (Wildman–Crippen MR) is 82.7 cm³/mol. The molecule has 0 aromatic rings. The molecule has 0 spiro atoms. The molecule has 1 aliphatic rings. The molecule has 0 aromatic heterocycles. The Morgan fingerprint density at radius 2 is 2.05 bits per heavy atom. The lowest BCUT2D eigenvalue weighted by atomic mass is 9.96. The smallest absolute Gasteiger partial charge is 0.0600 e. The van der Waals surface area contributed by atoms with E-state index in [1.54, 1.807) is 0 Å². The summed E-state index contributed by atoms with van der Waals surface area (Å²) in [4.78, 5) is 2.63. The summed E-state index contributed by atoms with van der Waals surface area (Å²) in [7, 11) is 0. The molecular formula is C16H34N2O. The van der Waals surface area contributed by atoms with Gasteiger partial charge in [0.25, 0.3) is 0 Å². The lowest BCUT2D eigenvalue weighted by Crippen LogP contribution is -2.52. The van der Waals surface area contributed by atoms with Crippen molar-refractivity contribution < 1.29 is 4.74 Å². The molecule has 3 heteroatoms. The fraction of sp³-hybridized carbons (Fsp3) is 1.00. The van der Waals surface area contributed by atoms with Gasteiger partial charge >= 0.3 is 0 Å². The summed E-state index contributed by atoms with van der Waals surface area (Å²) in [6.07, 6.45) is 5.25. The third-order valence-corrected chi connectivity index (χ3v) is 3.87. The molecule has 1 rings (SSSR count). The Labute approximate surface area is 120 Å². The van der Waals surface area contributed by atoms with Gasteiger partial charge in [-0.15, -0.1) is 0 Å². The second-order valence-electron chi connectivity index (χ2n) is 6.80. The van der Waals surface area contributed by atoms with Gasteiger partial charge in [-0.25, -0.2) is 0 Å². The van der Waals surface area contributed by atoms with Crippen LogP contribution in [0.2, 0.25) is 0 Å². The van der Waals surface area contributed by atoms with Crippen LogP contribution >= 0.6 is 0 Å². The van der Waals surface area contributed by atoms with Gasteiger partial charge in [0.2, 0.25) is 0 Å². The van der Waals surface area contributed by atoms with Crippen molar-refractivity contribution in [1.82, 2.24) is 10.2 Å². The average Bonchev–Trinajstić information content (AvgIpc) is 2.35. The largest absolute Gasteiger partial charge is 0.375 e. The maximum Gasteiger partial charge on any atom is 0.0600 e. The molecule has 2 atom stereocenters. The van der Waals surface area contributed by atoms with Crippen LogP contribution in [0, 0.1) is 0 Å². The van der Waals surface area contributed by atoms with Crippen molar-refractivity contribution in [3.63, 3.8) is 0 Å². The minimum absolute atomic E-state index is 0.0165. The molecule has 1 saturated heterocycles. The van der Waals surface area contributed by atoms with Crippen LogP contribution in [0.3, 0.4) is 0 Å². The molecule has 19 heavy (non-hydrogen) atoms. The number of ether oxygens (including phenoxy) is 1. The summed E-state index contributed by atoms with van der Waals surface area (Å²) in [5.41, 5.74) is -0.0165. The van der Waals surface area contributed by atoms with Crippen molar-refractivity contribution >= 4 is 0 Å². The number of likely N-dealkylation sites (tertiary alicyclic amines) is 1. The van der Waals surface area contributed by atoms with Crippen LogP contribution < -0.4 is 5.32 Å². The number of nitrogens with zero attached hydrogens (tertiary/aromatic N) is 1. The fourth-order valence-corrected chi connectivity index (χ4v) is 2.84. The standard InChI is InChI=1S/C16H34N2O/c1-6-10-17-14(2)15-9-7-8-11-18(15)12-13-19-16(3,4)5/h14-15,17H,6-13H2,1-5H3. The first kappa shape index (κ1) is 16.9. The summed E-state index contributed by atoms with van der Waals surface area (Å²) in [5.74, 6) is 0. The molecule has 114 valence electrons. The third-order valence-electron chi connectivity index (χ3n) is 3.87. The Morgan fingerprint density at radius 3 is 2.68 bits per heavy atom. The minimum Gasteiger partial charge on any atom is -0.375 e. The second kappa shape index (κ2) is 8.23. The molecule has 1 aliphatic heterocycles. The Bertz CT molecular complexity index is 237. The van der Waals surface area contributed by atoms with E-state index >= 15 is 0 Å². The molecule has 0 aliphatic carbocycles. The van der Waals surface area contributed by atoms with Gasteiger partial charge in [-0.3, -0.25) is 4.90 Å². The van der Waals surface area contributed by atoms with Gasteiger partial charge in [-0.05, 0) is 60.0 Å². The van der Waals surface area contributed by atoms with E-state index in [4.69, 9.17) is 4.74 Å². The number of piperidine rings is 1. The Balaban J connectivity index is 2.39. The van der Waals surface area contributed by atoms with Gasteiger partial charge in [0.15, 0.2) is 0 Å². The molecule has 0 radical (unpaired) electrons. The molecule has 3 nitrogen and oxygen atoms in total. The van der Waals surface area contributed by atoms with Gasteiger partial charge < -0.3 is 10.1 Å². The molecule has 0 bridgehead atoms. The van der Waals surface area contributed by atoms with Gasteiger partial charge in [0.1, 0.15) is 0 Å². The molecule has 0 aromatic carbocycles. The molecule has 1 N–H and O–H groups in total. The molecule has 0 amide bonds. The highest BCUT2D eigenvalue weighted by Crippen LogP contribution is 2.20. The van der Waals surface area contributed by atoms with Crippen LogP contribution in [0.5, 0.6) is 0 Å². The van der Waals surface area contributed by atoms with Gasteiger partial charge in [-0.1, -0.05) is 13.3 Å². The zero-order chi connectivity index (χ0) is 14.3. The topological polar surface area (TPSA) is 24.5 Å². The molecular weight excluding hydrogens is 236 g/mol. The highest BCUT2D eigenvalue weighted by molar-refractivity contribution is 4.85. The number of hydrogen-bond donors (Lipinski definition) is 1. The van der Waals surface area contributed by atoms with E-state index in [1.165, 1.54) is 32.2 Å². The van der Waals surface area contributed by atoms with E-state index in [1.807, 2.05) is 0 Å². The number of rotatable bonds is 7. The Hall–Kier alpha value is -0.120. The predicted octanol–water partition coefficient (Wildman–Crippen LogP) is 3.04. The van der Waals surface area contributed by atoms with E-state index in [2.05, 4.69) is 44.8 Å². The van der Waals surface area contributed by atoms with Crippen LogP contribution in [-0.4, -0.2) is 48.8 Å². The lowest BCUT2D eigenvalue weighted by molar-refractivity contribution is -0.0232. The van der Waals surface area contributed by atoms with Gasteiger partial charge in [-0.2, -0.15) is 0 Å². The van der Waals surface area contributed by atoms with Crippen molar-refractivity contribution in [3.05, 3.63) is 0 Å². The van der Waals surface area contributed by atoms with E-state index < -0.39 is 0 Å². The monoisotopic (exact) mass is 270 g/mol. The van der Waals surface area contributed by atoms with Crippen LogP contribution in [-0.2, 0) is 4.74 Å². The van der Waals surface area contributed by atoms with Crippen LogP contribution in [0.1, 0.15) is 60.3 Å². The number of nitrogens with one attached hydrogen (secondary N) is 1. The summed E-state index contributed by atoms with van der Waals surface area (Å²) in [6, 6.07) is 1.28. The van der Waals surface area contributed by atoms with Gasteiger partial charge in [0.05, 0.1) is 12.2 Å². The van der Waals surface area contributed by atoms with E-state index in [0.717, 1.165) is 19.7 Å². The Kier molecular flexibility index (Phi) is 7.33. The van der Waals surface area contributed by atoms with Crippen LogP contribution in [0.25, 0.3) is 0 Å². The van der Waals surface area contributed by atoms with Crippen molar-refractivity contribution in [3.8, 4) is 0 Å². The minimum atomic E-state index is -0.0165. The first-order valence-corrected chi connectivity index (χ1v) is 8.05. The maximum absolute atomic E-state index is 5.88. The third kappa shape index (κ3) is 6.73. The zero-order valence-corrected chi connectivity index (χ0v) is 13.7. The van der Waals surface area contributed by atoms with E-state index in [9.17, 15) is 0 Å². The van der Waals surface area contributed by atoms with E-state index in [-0.39, 0.29) is 5.60 Å². The molecule has 0 saturated carbocycles. The lowest BCUT2D eigenvalue weighted by Gasteiger charge is -2.40. The SMILES string of the molecule is CCCNC(C)C1CCCCN1CCOC(C)(C)C. The molecule has 2 unspecified atom stereocenters. The summed E-state index contributed by atoms with van der Waals surface area (Å²) >= 11 is 0. The molecule has 1 heterocycles. The quantitative estimate of drug-likeness (QED) is 0.769. The summed E-state index contributed by atoms with van der Waals surface area (Å²) < 4.78 is 5.88. The highest BCUT2D eigenvalue weighted by atomic mass is 16.5. The maximum atomic E-state index is 5.88. The Morgan fingerprint density at radius 1 is 1.32 bits per heavy atom. The summed E-state index contributed by atoms with van der Waals surface area (Å²) in [6.45, 7) is 15.2. The van der Waals surface area contributed by atoms with E-state index in [0.29, 0.717) is 12.1 Å². The normalized spacial score (nSPS) is 23.5. The number of hydrogen-bond acceptors (Lipinski definition) is 3. The summed E-state index contributed by atoms with van der Waals surface area (Å²) in [5, 5.41) is 3.66. The van der Waals surface area contributed by atoms with Crippen molar-refractivity contribution in [2.24, 2.45) is 0 Å². The van der Waals surface area contributed by atoms with Crippen molar-refractivity contribution in [2.45, 2.75) is 78.0 Å². The fourth-order valence-electron chi connectivity index (χ4n) is 2.84. The van der Waals surface area contributed by atoms with Gasteiger partial charge in [0, 0.05) is 18.6 Å². The highest BCUT2D eigenvalue weighted by Gasteiger charge is 2.26. The molecule has 1 fully saturated rings. The van der Waals surface area contributed by atoms with Crippen molar-refractivity contribution in [1.29, 1.82) is 0 Å². The van der Waals surface area contributed by atoms with Crippen LogP contribution in [0.4, 0.5) is 0 Å². The zero-order valence-electron chi connectivity index (χ0n) is 13.7. The average molecular weight is 270 g/mol. The van der Waals surface area contributed by atoms with Crippen molar-refractivity contribution in [2.75, 3.05) is 26.2 Å². The van der Waals surface area contributed by atoms with Crippen LogP contribution in [0.15, 0.2) is 0 Å². The second-order valence-corrected chi connectivity index (χ2v) is 6.80. The first-order chi connectivity index (χ1) is 8.94.